The van der Waals surface area contributed by atoms with Crippen LogP contribution in [0.3, 0.4) is 0 Å². The van der Waals surface area contributed by atoms with Gasteiger partial charge in [-0.05, 0) is 94.0 Å². The quantitative estimate of drug-likeness (QED) is 0.0454. The van der Waals surface area contributed by atoms with E-state index in [9.17, 15) is 48.3 Å². The Labute approximate surface area is 446 Å². The Balaban J connectivity index is 1.79. The molecule has 2 aromatic carbocycles. The van der Waals surface area contributed by atoms with Gasteiger partial charge in [0.05, 0.1) is 6.04 Å². The largest absolute Gasteiger partial charge is 0.480 e. The van der Waals surface area contributed by atoms with Crippen molar-refractivity contribution in [2.24, 2.45) is 50.5 Å². The number of carbonyl (C=O) groups excluding carboxylic acids is 8. The average molecular weight is 1080 g/mol. The number of aromatic amines is 1. The Hall–Kier alpha value is -7.40. The summed E-state index contributed by atoms with van der Waals surface area (Å²) in [4.78, 5) is 136. The summed E-state index contributed by atoms with van der Waals surface area (Å²) >= 11 is 6.61. The molecule has 4 rings (SSSR count). The van der Waals surface area contributed by atoms with Gasteiger partial charge in [0.15, 0.2) is 17.7 Å². The Morgan fingerprint density at radius 1 is 0.737 bits per heavy atom. The van der Waals surface area contributed by atoms with Crippen molar-refractivity contribution in [2.45, 2.75) is 140 Å². The van der Waals surface area contributed by atoms with Gasteiger partial charge in [-0.3, -0.25) is 48.3 Å². The zero-order valence-electron chi connectivity index (χ0n) is 43.0. The molecule has 24 heteroatoms. The Kier molecular flexibility index (Phi) is 25.3. The maximum Gasteiger partial charge on any atom is 0.326 e. The number of rotatable bonds is 19. The molecule has 0 spiro atoms. The zero-order valence-corrected chi connectivity index (χ0v) is 43.7. The van der Waals surface area contributed by atoms with E-state index in [0.717, 1.165) is 10.9 Å². The number of nitrogens with two attached hydrogens (primary N) is 5. The first-order chi connectivity index (χ1) is 36.3. The second kappa shape index (κ2) is 31.5. The number of aliphatic carboxylic acids is 1. The van der Waals surface area contributed by atoms with Crippen molar-refractivity contribution in [3.05, 3.63) is 70.9 Å². The first kappa shape index (κ1) is 61.1. The average Bonchev–Trinajstić information content (AvgIpc) is 3.78. The van der Waals surface area contributed by atoms with E-state index in [1.54, 1.807) is 30.5 Å². The van der Waals surface area contributed by atoms with Crippen molar-refractivity contribution in [2.75, 3.05) is 19.6 Å². The van der Waals surface area contributed by atoms with E-state index in [2.05, 4.69) is 41.6 Å². The summed E-state index contributed by atoms with van der Waals surface area (Å²) in [5, 5.41) is 24.7. The first-order valence-corrected chi connectivity index (χ1v) is 26.0. The van der Waals surface area contributed by atoms with Gasteiger partial charge < -0.3 is 65.3 Å². The van der Waals surface area contributed by atoms with E-state index >= 15 is 0 Å². The highest BCUT2D eigenvalue weighted by Crippen LogP contribution is 2.27. The van der Waals surface area contributed by atoms with E-state index in [4.69, 9.17) is 40.3 Å². The van der Waals surface area contributed by atoms with Crippen molar-refractivity contribution >= 4 is 87.3 Å². The molecule has 0 radical (unpaired) electrons. The van der Waals surface area contributed by atoms with Crippen LogP contribution in [-0.4, -0.2) is 125 Å². The van der Waals surface area contributed by atoms with Gasteiger partial charge in [-0.15, -0.1) is 0 Å². The Morgan fingerprint density at radius 3 is 2.09 bits per heavy atom. The van der Waals surface area contributed by atoms with Crippen LogP contribution >= 0.6 is 11.6 Å². The number of carboxylic acid groups (broad SMARTS) is 1. The molecule has 0 aliphatic carbocycles. The maximum atomic E-state index is 14.8. The molecule has 5 amide bonds. The number of amides is 5. The minimum Gasteiger partial charge on any atom is -0.480 e. The highest BCUT2D eigenvalue weighted by Gasteiger charge is 2.35. The van der Waals surface area contributed by atoms with Gasteiger partial charge in [-0.2, -0.15) is 0 Å². The molecule has 414 valence electrons. The van der Waals surface area contributed by atoms with E-state index in [-0.39, 0.29) is 132 Å². The molecule has 7 atom stereocenters. The van der Waals surface area contributed by atoms with Crippen LogP contribution < -0.4 is 55.3 Å². The van der Waals surface area contributed by atoms with Gasteiger partial charge in [0.2, 0.25) is 29.5 Å². The molecule has 2 heterocycles. The van der Waals surface area contributed by atoms with Gasteiger partial charge in [-0.25, -0.2) is 4.79 Å². The number of aliphatic imine (C=N–C) groups is 2. The molecule has 1 aromatic heterocycles. The molecule has 0 saturated carbocycles. The molecule has 1 fully saturated rings. The molecular formula is C52H74ClN13O10. The van der Waals surface area contributed by atoms with Gasteiger partial charge >= 0.3 is 5.97 Å². The Morgan fingerprint density at radius 2 is 1.41 bits per heavy atom. The fraction of sp³-hybridized carbons (Fsp3) is 0.519. The first-order valence-electron chi connectivity index (χ1n) is 25.6. The summed E-state index contributed by atoms with van der Waals surface area (Å²) < 4.78 is 0. The number of halogens is 1. The second-order valence-electron chi connectivity index (χ2n) is 19.1. The summed E-state index contributed by atoms with van der Waals surface area (Å²) in [5.41, 5.74) is 29.9. The number of aromatic nitrogens is 1. The molecular weight excluding hydrogens is 1000 g/mol. The SMILES string of the molecule is CC(=O)N[C@@H](CCCN=C(N)N)C(=O)N[C@H]1CCC(=O)CCCC[C@@H](C(=O)O)NC(=O)[C@H](Cc2c[nH]c3ccccc23)CC(=O)[C@H](CCCN=C(N)N)CC(=O)[C@@H](Cc2ccccc2Cl)NC(=O)[C@H](CCCN)NC1=O. The van der Waals surface area contributed by atoms with Crippen LogP contribution in [0.1, 0.15) is 108 Å². The van der Waals surface area contributed by atoms with Crippen molar-refractivity contribution < 1.29 is 48.3 Å². The van der Waals surface area contributed by atoms with Crippen LogP contribution in [0, 0.1) is 11.8 Å². The van der Waals surface area contributed by atoms with E-state index in [1.807, 2.05) is 24.3 Å². The lowest BCUT2D eigenvalue weighted by molar-refractivity contribution is -0.143. The molecule has 3 aromatic rings. The smallest absolute Gasteiger partial charge is 0.326 e. The normalized spacial score (nSPS) is 21.3. The summed E-state index contributed by atoms with van der Waals surface area (Å²) in [6, 6.07) is 7.33. The number of Topliss-reactive ketones (excluding diaryl/α,β-unsaturated/α-hetero) is 3. The zero-order chi connectivity index (χ0) is 55.7. The van der Waals surface area contributed by atoms with E-state index in [1.165, 1.54) is 6.92 Å². The predicted octanol–water partition coefficient (Wildman–Crippen LogP) is 1.06. The van der Waals surface area contributed by atoms with Crippen molar-refractivity contribution in [1.29, 1.82) is 0 Å². The number of hydrogen-bond acceptors (Lipinski definition) is 12. The predicted molar refractivity (Wildman–Crippen MR) is 287 cm³/mol. The number of benzene rings is 2. The summed E-state index contributed by atoms with van der Waals surface area (Å²) in [6.45, 7) is 1.54. The third-order valence-electron chi connectivity index (χ3n) is 13.1. The summed E-state index contributed by atoms with van der Waals surface area (Å²) in [7, 11) is 0. The molecule has 17 N–H and O–H groups in total. The summed E-state index contributed by atoms with van der Waals surface area (Å²) in [5.74, 6) is -8.95. The fourth-order valence-corrected chi connectivity index (χ4v) is 9.23. The topological polar surface area (TPSA) is 405 Å². The highest BCUT2D eigenvalue weighted by atomic mass is 35.5. The number of para-hydroxylation sites is 1. The number of nitrogens with zero attached hydrogens (tertiary/aromatic N) is 2. The fourth-order valence-electron chi connectivity index (χ4n) is 9.01. The minimum atomic E-state index is -1.43. The third-order valence-corrected chi connectivity index (χ3v) is 13.5. The summed E-state index contributed by atoms with van der Waals surface area (Å²) in [6.07, 6.45) is 1.36. The van der Waals surface area contributed by atoms with Crippen molar-refractivity contribution in [3.63, 3.8) is 0 Å². The number of hydrogen-bond donors (Lipinski definition) is 12. The number of nitrogens with one attached hydrogen (secondary N) is 6. The molecule has 0 bridgehead atoms. The monoisotopic (exact) mass is 1080 g/mol. The van der Waals surface area contributed by atoms with Gasteiger partial charge in [0.1, 0.15) is 35.7 Å². The van der Waals surface area contributed by atoms with Crippen LogP contribution in [-0.2, 0) is 56.0 Å². The van der Waals surface area contributed by atoms with Crippen LogP contribution in [0.4, 0.5) is 0 Å². The van der Waals surface area contributed by atoms with Crippen molar-refractivity contribution in [1.82, 2.24) is 31.6 Å². The van der Waals surface area contributed by atoms with Gasteiger partial charge in [0, 0.05) is 86.1 Å². The molecule has 1 aliphatic rings. The number of H-pyrrole nitrogens is 1. The van der Waals surface area contributed by atoms with Gasteiger partial charge in [0.25, 0.3) is 0 Å². The number of fused-ring (bicyclic) bond motifs is 1. The maximum absolute atomic E-state index is 14.8. The van der Waals surface area contributed by atoms with E-state index in [0.29, 0.717) is 11.1 Å². The number of ketones is 3. The highest BCUT2D eigenvalue weighted by molar-refractivity contribution is 6.31. The molecule has 1 saturated heterocycles. The third kappa shape index (κ3) is 20.7. The van der Waals surface area contributed by atoms with Crippen LogP contribution in [0.5, 0.6) is 0 Å². The molecule has 76 heavy (non-hydrogen) atoms. The number of carboxylic acids is 1. The standard InChI is InChI=1S/C52H74ClN13O10/c1-30(67)62-39(19-10-24-60-52(57)58)47(72)64-41-21-20-35(68)13-3-6-17-42(50(75)76)65-46(71)33(25-34-29-61-38-16-7-4-14-36(34)38)28-44(69)32(12-9-23-59-51(55)56)27-45(70)43(26-31-11-2-5-15-37(31)53)66-48(73)40(18-8-22-54)63-49(41)74/h2,4-5,7,11,14-16,29,32-33,39-43,61H,3,6,8-10,12-13,17-28,54H2,1H3,(H,62,67)(H,63,74)(H,64,72)(H,65,71)(H,66,73)(H,75,76)(H4,55,56,59)(H4,57,58,60)/t32-,33-,39+,40+,41+,42+,43-/m1/s1. The molecule has 1 aliphatic heterocycles. The van der Waals surface area contributed by atoms with Crippen LogP contribution in [0.25, 0.3) is 10.9 Å². The lowest BCUT2D eigenvalue weighted by atomic mass is 9.83. The molecule has 0 unspecified atom stereocenters. The lowest BCUT2D eigenvalue weighted by Crippen LogP contribution is -2.58. The lowest BCUT2D eigenvalue weighted by Gasteiger charge is -2.27. The van der Waals surface area contributed by atoms with E-state index < -0.39 is 102 Å². The molecule has 23 nitrogen and oxygen atoms in total. The number of carbonyl (C=O) groups is 9. The second-order valence-corrected chi connectivity index (χ2v) is 19.5. The Bertz CT molecular complexity index is 2560. The van der Waals surface area contributed by atoms with Crippen molar-refractivity contribution in [3.8, 4) is 0 Å². The van der Waals surface area contributed by atoms with Gasteiger partial charge in [-0.1, -0.05) is 54.4 Å². The number of guanidine groups is 2. The minimum absolute atomic E-state index is 0.0208. The van der Waals surface area contributed by atoms with Crippen LogP contribution in [0.2, 0.25) is 5.02 Å². The van der Waals surface area contributed by atoms with Crippen LogP contribution in [0.15, 0.2) is 64.7 Å².